The first-order chi connectivity index (χ1) is 27.2. The molecule has 2 heterocycles. The number of rotatable bonds is 12. The highest BCUT2D eigenvalue weighted by atomic mass is 35.5. The average Bonchev–Trinajstić information content (AvgIpc) is 3.25. The molecule has 0 radical (unpaired) electrons. The van der Waals surface area contributed by atoms with Crippen molar-refractivity contribution in [3.8, 4) is 0 Å². The van der Waals surface area contributed by atoms with Crippen molar-refractivity contribution in [1.82, 2.24) is 20.4 Å². The number of ether oxygens (including phenoxy) is 2. The molecule has 2 amide bonds. The Labute approximate surface area is 346 Å². The van der Waals surface area contributed by atoms with Crippen LogP contribution in [0.2, 0.25) is 0 Å². The van der Waals surface area contributed by atoms with Gasteiger partial charge in [-0.2, -0.15) is 0 Å². The van der Waals surface area contributed by atoms with E-state index in [1.54, 1.807) is 0 Å². The number of carbonyl (C=O) groups excluding carboxylic acids is 4. The Hall–Kier alpha value is -3.87. The SMILES string of the molecule is CCCN1CCN(c2ccc(C(=O)NC3(C(=O)OC)CCCCC3)cc2)CC1.CCCN1CCN(c2ccc(C(=O)NC3(C(=O)OC)CCCCC3)cc2)CC1.Cl. The van der Waals surface area contributed by atoms with E-state index in [0.29, 0.717) is 36.8 Å². The molecule has 0 unspecified atom stereocenters. The molecule has 2 N–H and O–H groups in total. The maximum atomic E-state index is 12.8. The number of methoxy groups -OCH3 is 2. The molecular formula is C44H67ClN6O6. The lowest BCUT2D eigenvalue weighted by atomic mass is 9.81. The van der Waals surface area contributed by atoms with E-state index in [0.717, 1.165) is 115 Å². The third-order valence-corrected chi connectivity index (χ3v) is 12.1. The van der Waals surface area contributed by atoms with E-state index in [9.17, 15) is 19.2 Å². The van der Waals surface area contributed by atoms with Crippen LogP contribution in [0.5, 0.6) is 0 Å². The minimum atomic E-state index is -0.877. The smallest absolute Gasteiger partial charge is 0.331 e. The average molecular weight is 812 g/mol. The Morgan fingerprint density at radius 1 is 0.526 bits per heavy atom. The van der Waals surface area contributed by atoms with Gasteiger partial charge in [-0.15, -0.1) is 12.4 Å². The van der Waals surface area contributed by atoms with E-state index in [4.69, 9.17) is 9.47 Å². The van der Waals surface area contributed by atoms with Crippen LogP contribution in [0.3, 0.4) is 0 Å². The zero-order valence-electron chi connectivity index (χ0n) is 34.8. The van der Waals surface area contributed by atoms with Crippen LogP contribution in [0, 0.1) is 0 Å². The van der Waals surface area contributed by atoms with Crippen molar-refractivity contribution in [2.24, 2.45) is 0 Å². The third kappa shape index (κ3) is 12.1. The Morgan fingerprint density at radius 3 is 1.12 bits per heavy atom. The summed E-state index contributed by atoms with van der Waals surface area (Å²) in [4.78, 5) is 60.0. The molecule has 0 spiro atoms. The number of esters is 2. The summed E-state index contributed by atoms with van der Waals surface area (Å²) in [5.74, 6) is -1.07. The Bertz CT molecular complexity index is 1440. The zero-order chi connectivity index (χ0) is 40.0. The lowest BCUT2D eigenvalue weighted by Gasteiger charge is -2.36. The van der Waals surface area contributed by atoms with Crippen molar-refractivity contribution >= 4 is 47.5 Å². The minimum absolute atomic E-state index is 0. The molecule has 0 atom stereocenters. The molecule has 57 heavy (non-hydrogen) atoms. The summed E-state index contributed by atoms with van der Waals surface area (Å²) in [6.07, 6.45) is 10.9. The van der Waals surface area contributed by atoms with E-state index in [-0.39, 0.29) is 36.2 Å². The number of hydrogen-bond acceptors (Lipinski definition) is 10. The van der Waals surface area contributed by atoms with E-state index in [1.807, 2.05) is 48.5 Å². The molecule has 2 aromatic carbocycles. The number of carbonyl (C=O) groups is 4. The molecule has 0 aromatic heterocycles. The molecule has 4 fully saturated rings. The number of nitrogens with zero attached hydrogens (tertiary/aromatic N) is 4. The highest BCUT2D eigenvalue weighted by Gasteiger charge is 2.43. The number of halogens is 1. The predicted molar refractivity (Wildman–Crippen MR) is 229 cm³/mol. The van der Waals surface area contributed by atoms with Gasteiger partial charge in [0, 0.05) is 74.9 Å². The number of nitrogens with one attached hydrogen (secondary N) is 2. The summed E-state index contributed by atoms with van der Waals surface area (Å²) in [7, 11) is 2.78. The molecule has 2 saturated heterocycles. The van der Waals surface area contributed by atoms with Gasteiger partial charge >= 0.3 is 11.9 Å². The van der Waals surface area contributed by atoms with Crippen molar-refractivity contribution in [3.05, 3.63) is 59.7 Å². The minimum Gasteiger partial charge on any atom is -0.467 e. The lowest BCUT2D eigenvalue weighted by Crippen LogP contribution is -2.56. The third-order valence-electron chi connectivity index (χ3n) is 12.1. The fourth-order valence-electron chi connectivity index (χ4n) is 8.78. The normalized spacial score (nSPS) is 19.5. The van der Waals surface area contributed by atoms with Gasteiger partial charge < -0.3 is 29.9 Å². The molecule has 0 bridgehead atoms. The predicted octanol–water partition coefficient (Wildman–Crippen LogP) is 6.07. The Morgan fingerprint density at radius 2 is 0.842 bits per heavy atom. The van der Waals surface area contributed by atoms with Gasteiger partial charge in [-0.3, -0.25) is 19.4 Å². The maximum absolute atomic E-state index is 12.8. The van der Waals surface area contributed by atoms with E-state index < -0.39 is 11.1 Å². The van der Waals surface area contributed by atoms with E-state index in [1.165, 1.54) is 27.1 Å². The Balaban J connectivity index is 0.000000248. The van der Waals surface area contributed by atoms with Gasteiger partial charge in [-0.05, 0) is 100 Å². The van der Waals surface area contributed by atoms with Crippen LogP contribution in [0.4, 0.5) is 11.4 Å². The lowest BCUT2D eigenvalue weighted by molar-refractivity contribution is -0.150. The number of anilines is 2. The van der Waals surface area contributed by atoms with Gasteiger partial charge in [0.25, 0.3) is 11.8 Å². The highest BCUT2D eigenvalue weighted by Crippen LogP contribution is 2.31. The van der Waals surface area contributed by atoms with Gasteiger partial charge in [0.15, 0.2) is 0 Å². The number of amides is 2. The first kappa shape index (κ1) is 45.8. The monoisotopic (exact) mass is 810 g/mol. The second kappa shape index (κ2) is 22.3. The molecule has 2 aliphatic carbocycles. The first-order valence-electron chi connectivity index (χ1n) is 21.1. The van der Waals surface area contributed by atoms with Crippen molar-refractivity contribution in [3.63, 3.8) is 0 Å². The first-order valence-corrected chi connectivity index (χ1v) is 21.1. The highest BCUT2D eigenvalue weighted by molar-refractivity contribution is 5.99. The van der Waals surface area contributed by atoms with Crippen LogP contribution >= 0.6 is 12.4 Å². The number of piperazine rings is 2. The summed E-state index contributed by atoms with van der Waals surface area (Å²) in [5.41, 5.74) is 1.71. The summed E-state index contributed by atoms with van der Waals surface area (Å²) >= 11 is 0. The summed E-state index contributed by atoms with van der Waals surface area (Å²) in [5, 5.41) is 5.97. The summed E-state index contributed by atoms with van der Waals surface area (Å²) in [6, 6.07) is 15.5. The molecule has 316 valence electrons. The molecule has 2 aliphatic heterocycles. The van der Waals surface area contributed by atoms with Gasteiger partial charge in [-0.1, -0.05) is 52.4 Å². The summed E-state index contributed by atoms with van der Waals surface area (Å²) < 4.78 is 9.98. The number of hydrogen-bond donors (Lipinski definition) is 2. The standard InChI is InChI=1S/2C22H33N3O3.ClH/c2*1-3-13-24-14-16-25(17-15-24)19-9-7-18(8-10-19)20(26)23-22(21(27)28-2)11-5-4-6-12-22;/h2*7-10H,3-6,11-17H2,1-2H3,(H,23,26);1H. The Kier molecular flexibility index (Phi) is 17.9. The van der Waals surface area contributed by atoms with Crippen LogP contribution in [0.1, 0.15) is 112 Å². The van der Waals surface area contributed by atoms with Gasteiger partial charge in [0.2, 0.25) is 0 Å². The molecule has 2 saturated carbocycles. The molecule has 12 nitrogen and oxygen atoms in total. The van der Waals surface area contributed by atoms with E-state index in [2.05, 4.69) is 44.1 Å². The van der Waals surface area contributed by atoms with Crippen molar-refractivity contribution in [1.29, 1.82) is 0 Å². The van der Waals surface area contributed by atoms with Crippen LogP contribution < -0.4 is 20.4 Å². The quantitative estimate of drug-likeness (QED) is 0.244. The largest absolute Gasteiger partial charge is 0.467 e. The number of benzene rings is 2. The van der Waals surface area contributed by atoms with Gasteiger partial charge in [-0.25, -0.2) is 9.59 Å². The van der Waals surface area contributed by atoms with Crippen LogP contribution in [0.15, 0.2) is 48.5 Å². The molecule has 6 rings (SSSR count). The van der Waals surface area contributed by atoms with Crippen LogP contribution in [-0.4, -0.2) is 124 Å². The summed E-state index contributed by atoms with van der Waals surface area (Å²) in [6.45, 7) is 15.1. The topological polar surface area (TPSA) is 124 Å². The van der Waals surface area contributed by atoms with Gasteiger partial charge in [0.1, 0.15) is 11.1 Å². The second-order valence-electron chi connectivity index (χ2n) is 15.9. The van der Waals surface area contributed by atoms with Crippen molar-refractivity contribution < 1.29 is 28.7 Å². The second-order valence-corrected chi connectivity index (χ2v) is 15.9. The van der Waals surface area contributed by atoms with Crippen molar-refractivity contribution in [2.75, 3.05) is 89.5 Å². The van der Waals surface area contributed by atoms with E-state index >= 15 is 0 Å². The van der Waals surface area contributed by atoms with Gasteiger partial charge in [0.05, 0.1) is 14.2 Å². The van der Waals surface area contributed by atoms with Crippen LogP contribution in [-0.2, 0) is 19.1 Å². The fourth-order valence-corrected chi connectivity index (χ4v) is 8.78. The van der Waals surface area contributed by atoms with Crippen LogP contribution in [0.25, 0.3) is 0 Å². The fraction of sp³-hybridized carbons (Fsp3) is 0.636. The molecular weight excluding hydrogens is 744 g/mol. The van der Waals surface area contributed by atoms with Crippen molar-refractivity contribution in [2.45, 2.75) is 102 Å². The molecule has 2 aromatic rings. The maximum Gasteiger partial charge on any atom is 0.331 e. The molecule has 4 aliphatic rings. The zero-order valence-corrected chi connectivity index (χ0v) is 35.6. The molecule has 13 heteroatoms.